The highest BCUT2D eigenvalue weighted by molar-refractivity contribution is 5.83. The number of amides is 1. The van der Waals surface area contributed by atoms with Gasteiger partial charge in [-0.05, 0) is 45.7 Å². The molecule has 74 valence electrons. The zero-order valence-corrected chi connectivity index (χ0v) is 8.55. The number of carbonyl (C=O) groups excluding carboxylic acids is 1. The molecule has 2 unspecified atom stereocenters. The number of hydrogen-bond acceptors (Lipinski definition) is 2. The summed E-state index contributed by atoms with van der Waals surface area (Å²) in [5.74, 6) is 1.81. The van der Waals surface area contributed by atoms with E-state index in [0.717, 1.165) is 13.1 Å². The molecule has 0 aromatic carbocycles. The lowest BCUT2D eigenvalue weighted by Gasteiger charge is -2.21. The molecule has 1 saturated heterocycles. The highest BCUT2D eigenvalue weighted by atomic mass is 16.2. The van der Waals surface area contributed by atoms with Crippen LogP contribution in [0.4, 0.5) is 0 Å². The van der Waals surface area contributed by atoms with Gasteiger partial charge in [0, 0.05) is 11.5 Å². The van der Waals surface area contributed by atoms with E-state index in [0.29, 0.717) is 17.8 Å². The molecular weight excluding hydrogens is 164 g/mol. The van der Waals surface area contributed by atoms with Gasteiger partial charge in [-0.15, -0.1) is 0 Å². The molecule has 1 heterocycles. The summed E-state index contributed by atoms with van der Waals surface area (Å²) in [6, 6.07) is 0. The second-order valence-electron chi connectivity index (χ2n) is 5.25. The minimum atomic E-state index is -0.0819. The number of nitrogens with one attached hydrogen (secondary N) is 2. The first-order valence-electron chi connectivity index (χ1n) is 5.02. The molecule has 0 aromatic heterocycles. The van der Waals surface area contributed by atoms with Crippen LogP contribution in [0.3, 0.4) is 0 Å². The Bertz CT molecular complexity index is 222. The molecule has 13 heavy (non-hydrogen) atoms. The fraction of sp³-hybridized carbons (Fsp3) is 0.900. The maximum Gasteiger partial charge on any atom is 0.224 e. The SMILES string of the molecule is CC(C)(C)NC(=O)C1C2CNCC21. The summed E-state index contributed by atoms with van der Waals surface area (Å²) >= 11 is 0. The van der Waals surface area contributed by atoms with Crippen molar-refractivity contribution >= 4 is 5.91 Å². The van der Waals surface area contributed by atoms with Crippen LogP contribution in [0.25, 0.3) is 0 Å². The van der Waals surface area contributed by atoms with Gasteiger partial charge in [-0.1, -0.05) is 0 Å². The Balaban J connectivity index is 1.87. The van der Waals surface area contributed by atoms with Gasteiger partial charge in [0.25, 0.3) is 0 Å². The minimum absolute atomic E-state index is 0.0819. The van der Waals surface area contributed by atoms with Crippen molar-refractivity contribution in [2.75, 3.05) is 13.1 Å². The molecule has 1 aliphatic carbocycles. The molecule has 2 fully saturated rings. The van der Waals surface area contributed by atoms with Crippen LogP contribution in [0, 0.1) is 17.8 Å². The number of rotatable bonds is 1. The molecule has 2 rings (SSSR count). The second kappa shape index (κ2) is 2.71. The molecule has 3 nitrogen and oxygen atoms in total. The van der Waals surface area contributed by atoms with E-state index in [1.54, 1.807) is 0 Å². The fourth-order valence-corrected chi connectivity index (χ4v) is 2.26. The first-order chi connectivity index (χ1) is 5.99. The van der Waals surface area contributed by atoms with Crippen LogP contribution in [0.15, 0.2) is 0 Å². The van der Waals surface area contributed by atoms with Gasteiger partial charge >= 0.3 is 0 Å². The van der Waals surface area contributed by atoms with Crippen LogP contribution in [0.1, 0.15) is 20.8 Å². The molecule has 1 amide bonds. The summed E-state index contributed by atoms with van der Waals surface area (Å²) in [5.41, 5.74) is -0.0819. The molecule has 2 atom stereocenters. The Morgan fingerprint density at radius 2 is 1.85 bits per heavy atom. The lowest BCUT2D eigenvalue weighted by Crippen LogP contribution is -2.42. The third-order valence-electron chi connectivity index (χ3n) is 2.89. The van der Waals surface area contributed by atoms with Gasteiger partial charge in [0.15, 0.2) is 0 Å². The second-order valence-corrected chi connectivity index (χ2v) is 5.25. The average Bonchev–Trinajstić information content (AvgIpc) is 2.44. The van der Waals surface area contributed by atoms with E-state index in [9.17, 15) is 4.79 Å². The number of fused-ring (bicyclic) bond motifs is 1. The maximum absolute atomic E-state index is 11.7. The summed E-state index contributed by atoms with van der Waals surface area (Å²) in [5, 5.41) is 6.33. The molecule has 1 aliphatic heterocycles. The van der Waals surface area contributed by atoms with Crippen molar-refractivity contribution in [1.82, 2.24) is 10.6 Å². The molecule has 3 heteroatoms. The van der Waals surface area contributed by atoms with Crippen LogP contribution in [-0.4, -0.2) is 24.5 Å². The van der Waals surface area contributed by atoms with E-state index < -0.39 is 0 Å². The average molecular weight is 182 g/mol. The van der Waals surface area contributed by atoms with Crippen molar-refractivity contribution in [1.29, 1.82) is 0 Å². The lowest BCUT2D eigenvalue weighted by molar-refractivity contribution is -0.124. The molecule has 1 saturated carbocycles. The standard InChI is InChI=1S/C10H18N2O/c1-10(2,3)12-9(13)8-6-4-11-5-7(6)8/h6-8,11H,4-5H2,1-3H3,(H,12,13). The highest BCUT2D eigenvalue weighted by Crippen LogP contribution is 2.48. The van der Waals surface area contributed by atoms with E-state index in [1.165, 1.54) is 0 Å². The number of carbonyl (C=O) groups is 1. The van der Waals surface area contributed by atoms with E-state index >= 15 is 0 Å². The summed E-state index contributed by atoms with van der Waals surface area (Å²) in [7, 11) is 0. The molecule has 0 bridgehead atoms. The topological polar surface area (TPSA) is 41.1 Å². The highest BCUT2D eigenvalue weighted by Gasteiger charge is 2.57. The van der Waals surface area contributed by atoms with Gasteiger partial charge in [0.05, 0.1) is 0 Å². The molecule has 0 radical (unpaired) electrons. The van der Waals surface area contributed by atoms with E-state index in [-0.39, 0.29) is 11.4 Å². The Kier molecular flexibility index (Phi) is 1.88. The summed E-state index contributed by atoms with van der Waals surface area (Å²) in [6.45, 7) is 8.16. The molecule has 2 aliphatic rings. The maximum atomic E-state index is 11.7. The van der Waals surface area contributed by atoms with Crippen molar-refractivity contribution in [2.24, 2.45) is 17.8 Å². The van der Waals surface area contributed by atoms with Crippen molar-refractivity contribution in [3.05, 3.63) is 0 Å². The lowest BCUT2D eigenvalue weighted by atomic mass is 10.1. The predicted octanol–water partition coefficient (Wildman–Crippen LogP) is 0.366. The summed E-state index contributed by atoms with van der Waals surface area (Å²) in [4.78, 5) is 11.7. The van der Waals surface area contributed by atoms with E-state index in [2.05, 4.69) is 10.6 Å². The Labute approximate surface area is 79.3 Å². The monoisotopic (exact) mass is 182 g/mol. The Hall–Kier alpha value is -0.570. The van der Waals surface area contributed by atoms with Crippen LogP contribution in [0.5, 0.6) is 0 Å². The summed E-state index contributed by atoms with van der Waals surface area (Å²) < 4.78 is 0. The van der Waals surface area contributed by atoms with Crippen LogP contribution in [-0.2, 0) is 4.79 Å². The zero-order chi connectivity index (χ0) is 9.64. The molecule has 2 N–H and O–H groups in total. The first kappa shape index (κ1) is 9.00. The first-order valence-corrected chi connectivity index (χ1v) is 5.02. The van der Waals surface area contributed by atoms with Crippen LogP contribution in [0.2, 0.25) is 0 Å². The summed E-state index contributed by atoms with van der Waals surface area (Å²) in [6.07, 6.45) is 0. The Morgan fingerprint density at radius 3 is 2.31 bits per heavy atom. The quantitative estimate of drug-likeness (QED) is 0.615. The fourth-order valence-electron chi connectivity index (χ4n) is 2.26. The van der Waals surface area contributed by atoms with Gasteiger partial charge in [-0.2, -0.15) is 0 Å². The van der Waals surface area contributed by atoms with E-state index in [1.807, 2.05) is 20.8 Å². The number of hydrogen-bond donors (Lipinski definition) is 2. The van der Waals surface area contributed by atoms with Crippen LogP contribution >= 0.6 is 0 Å². The normalized spacial score (nSPS) is 37.0. The van der Waals surface area contributed by atoms with Gasteiger partial charge in [0.1, 0.15) is 0 Å². The van der Waals surface area contributed by atoms with Crippen molar-refractivity contribution in [3.8, 4) is 0 Å². The Morgan fingerprint density at radius 1 is 1.31 bits per heavy atom. The smallest absolute Gasteiger partial charge is 0.224 e. The van der Waals surface area contributed by atoms with Crippen LogP contribution < -0.4 is 10.6 Å². The largest absolute Gasteiger partial charge is 0.351 e. The predicted molar refractivity (Wildman–Crippen MR) is 51.2 cm³/mol. The van der Waals surface area contributed by atoms with Crippen molar-refractivity contribution < 1.29 is 4.79 Å². The van der Waals surface area contributed by atoms with Crippen molar-refractivity contribution in [2.45, 2.75) is 26.3 Å². The van der Waals surface area contributed by atoms with Gasteiger partial charge in [-0.3, -0.25) is 4.79 Å². The minimum Gasteiger partial charge on any atom is -0.351 e. The molecule has 0 spiro atoms. The molecule has 0 aromatic rings. The van der Waals surface area contributed by atoms with Gasteiger partial charge < -0.3 is 10.6 Å². The van der Waals surface area contributed by atoms with E-state index in [4.69, 9.17) is 0 Å². The van der Waals surface area contributed by atoms with Gasteiger partial charge in [0.2, 0.25) is 5.91 Å². The number of piperidine rings is 1. The van der Waals surface area contributed by atoms with Gasteiger partial charge in [-0.25, -0.2) is 0 Å². The third kappa shape index (κ3) is 1.70. The third-order valence-corrected chi connectivity index (χ3v) is 2.89. The molecular formula is C10H18N2O. The van der Waals surface area contributed by atoms with Crippen molar-refractivity contribution in [3.63, 3.8) is 0 Å². The zero-order valence-electron chi connectivity index (χ0n) is 8.55.